The molecule has 0 unspecified atom stereocenters. The van der Waals surface area contributed by atoms with Crippen molar-refractivity contribution in [2.45, 2.75) is 6.42 Å². The van der Waals surface area contributed by atoms with Gasteiger partial charge in [-0.25, -0.2) is 0 Å². The van der Waals surface area contributed by atoms with E-state index < -0.39 is 0 Å². The van der Waals surface area contributed by atoms with Crippen molar-refractivity contribution in [1.82, 2.24) is 10.2 Å². The molecule has 2 aliphatic rings. The van der Waals surface area contributed by atoms with Crippen LogP contribution in [0.4, 0.5) is 0 Å². The molecule has 0 aromatic heterocycles. The normalized spacial score (nSPS) is 15.1. The van der Waals surface area contributed by atoms with Gasteiger partial charge in [0, 0.05) is 17.8 Å². The fourth-order valence-electron chi connectivity index (χ4n) is 3.59. The second-order valence-corrected chi connectivity index (χ2v) is 7.19. The Kier molecular flexibility index (Phi) is 6.43. The monoisotopic (exact) mass is 432 g/mol. The smallest absolute Gasteiger partial charge is 0.260 e. The Morgan fingerprint density at radius 2 is 1.87 bits per heavy atom. The third kappa shape index (κ3) is 3.91. The van der Waals surface area contributed by atoms with E-state index in [0.29, 0.717) is 22.8 Å². The van der Waals surface area contributed by atoms with Gasteiger partial charge in [-0.3, -0.25) is 4.79 Å². The minimum absolute atomic E-state index is 0. The van der Waals surface area contributed by atoms with Crippen LogP contribution in [0.1, 0.15) is 27.0 Å². The van der Waals surface area contributed by atoms with Gasteiger partial charge in [-0.05, 0) is 62.0 Å². The minimum Gasteiger partial charge on any atom is -0.493 e. The van der Waals surface area contributed by atoms with Gasteiger partial charge in [-0.2, -0.15) is 0 Å². The molecule has 8 heteroatoms. The first-order valence-corrected chi connectivity index (χ1v) is 9.37. The Morgan fingerprint density at radius 1 is 1.13 bits per heavy atom. The molecule has 2 aromatic carbocycles. The molecule has 0 saturated heterocycles. The summed E-state index contributed by atoms with van der Waals surface area (Å²) in [6.45, 7) is 1.11. The van der Waals surface area contributed by atoms with Crippen molar-refractivity contribution >= 4 is 30.1 Å². The predicted octanol–water partition coefficient (Wildman–Crippen LogP) is 3.20. The number of methoxy groups -OCH3 is 2. The number of hydrogen-bond donors (Lipinski definition) is 1. The van der Waals surface area contributed by atoms with E-state index in [2.05, 4.69) is 10.2 Å². The Morgan fingerprint density at radius 3 is 2.53 bits per heavy atom. The van der Waals surface area contributed by atoms with Gasteiger partial charge in [0.25, 0.3) is 5.91 Å². The van der Waals surface area contributed by atoms with Crippen molar-refractivity contribution in [3.8, 4) is 23.0 Å². The maximum Gasteiger partial charge on any atom is 0.260 e. The molecule has 2 aromatic rings. The van der Waals surface area contributed by atoms with E-state index in [0.717, 1.165) is 41.1 Å². The van der Waals surface area contributed by atoms with Crippen molar-refractivity contribution in [2.75, 3.05) is 41.7 Å². The number of fused-ring (bicyclic) bond motifs is 2. The molecule has 0 radical (unpaired) electrons. The van der Waals surface area contributed by atoms with Crippen molar-refractivity contribution < 1.29 is 23.7 Å². The molecule has 0 aliphatic carbocycles. The van der Waals surface area contributed by atoms with Gasteiger partial charge in [0.05, 0.1) is 19.8 Å². The molecule has 2 aliphatic heterocycles. The zero-order valence-electron chi connectivity index (χ0n) is 17.4. The largest absolute Gasteiger partial charge is 0.493 e. The summed E-state index contributed by atoms with van der Waals surface area (Å²) in [4.78, 5) is 14.8. The molecule has 4 rings (SSSR count). The lowest BCUT2D eigenvalue weighted by atomic mass is 9.99. The summed E-state index contributed by atoms with van der Waals surface area (Å²) < 4.78 is 21.9. The molecule has 0 fully saturated rings. The van der Waals surface area contributed by atoms with Crippen LogP contribution in [0.5, 0.6) is 23.0 Å². The van der Waals surface area contributed by atoms with Crippen LogP contribution in [0.3, 0.4) is 0 Å². The summed E-state index contributed by atoms with van der Waals surface area (Å²) in [5.41, 5.74) is 4.08. The van der Waals surface area contributed by atoms with Gasteiger partial charge in [0.2, 0.25) is 6.79 Å². The van der Waals surface area contributed by atoms with Crippen LogP contribution < -0.4 is 24.3 Å². The van der Waals surface area contributed by atoms with E-state index in [1.54, 1.807) is 13.2 Å². The van der Waals surface area contributed by atoms with Crippen LogP contribution in [0.2, 0.25) is 0 Å². The summed E-state index contributed by atoms with van der Waals surface area (Å²) in [6.07, 6.45) is 2.82. The Balaban J connectivity index is 0.00000256. The maximum atomic E-state index is 12.7. The Bertz CT molecular complexity index is 1000. The number of ether oxygens (including phenoxy) is 4. The van der Waals surface area contributed by atoms with Gasteiger partial charge in [0.1, 0.15) is 0 Å². The highest BCUT2D eigenvalue weighted by Crippen LogP contribution is 2.41. The van der Waals surface area contributed by atoms with E-state index in [-0.39, 0.29) is 25.1 Å². The van der Waals surface area contributed by atoms with Gasteiger partial charge in [-0.1, -0.05) is 0 Å². The topological polar surface area (TPSA) is 69.3 Å². The average molecular weight is 433 g/mol. The first-order valence-electron chi connectivity index (χ1n) is 9.37. The maximum absolute atomic E-state index is 12.7. The lowest BCUT2D eigenvalue weighted by Crippen LogP contribution is -2.15. The molecular weight excluding hydrogens is 408 g/mol. The van der Waals surface area contributed by atoms with Crippen molar-refractivity contribution in [3.05, 3.63) is 46.5 Å². The molecule has 0 atom stereocenters. The van der Waals surface area contributed by atoms with E-state index in [9.17, 15) is 4.79 Å². The third-order valence-electron chi connectivity index (χ3n) is 5.07. The molecule has 0 bridgehead atoms. The summed E-state index contributed by atoms with van der Waals surface area (Å²) in [5, 5.41) is 2.96. The van der Waals surface area contributed by atoms with Crippen LogP contribution >= 0.6 is 12.4 Å². The summed E-state index contributed by atoms with van der Waals surface area (Å²) >= 11 is 0. The highest BCUT2D eigenvalue weighted by Gasteiger charge is 2.30. The molecule has 0 saturated carbocycles. The van der Waals surface area contributed by atoms with E-state index >= 15 is 0 Å². The summed E-state index contributed by atoms with van der Waals surface area (Å²) in [7, 11) is 7.16. The Hall–Kier alpha value is -2.90. The molecule has 160 valence electrons. The molecule has 1 N–H and O–H groups in total. The standard InChI is InChI=1S/C22H24N2O5.ClH/c1-24(2)8-7-13-10-18-19(29-12-28-18)11-14(13)9-16-15-5-6-17(26-3)21(27-4)20(15)22(25)23-16;/h5-6,9-11H,7-8,12H2,1-4H3,(H,23,25);1H. The number of nitrogens with zero attached hydrogens (tertiary/aromatic N) is 1. The van der Waals surface area contributed by atoms with Crippen LogP contribution in [-0.4, -0.2) is 52.5 Å². The first kappa shape index (κ1) is 21.8. The lowest BCUT2D eigenvalue weighted by molar-refractivity contribution is 0.0977. The highest BCUT2D eigenvalue weighted by atomic mass is 35.5. The summed E-state index contributed by atoms with van der Waals surface area (Å²) in [5.74, 6) is 2.21. The first-order chi connectivity index (χ1) is 14.0. The number of hydrogen-bond acceptors (Lipinski definition) is 6. The van der Waals surface area contributed by atoms with Crippen molar-refractivity contribution in [2.24, 2.45) is 0 Å². The number of benzene rings is 2. The van der Waals surface area contributed by atoms with Gasteiger partial charge < -0.3 is 29.2 Å². The fraction of sp³-hybridized carbons (Fsp3) is 0.318. The molecule has 7 nitrogen and oxygen atoms in total. The second-order valence-electron chi connectivity index (χ2n) is 7.19. The number of halogens is 1. The highest BCUT2D eigenvalue weighted by molar-refractivity contribution is 6.14. The lowest BCUT2D eigenvalue weighted by Gasteiger charge is -2.13. The van der Waals surface area contributed by atoms with E-state index in [1.807, 2.05) is 38.4 Å². The van der Waals surface area contributed by atoms with Crippen LogP contribution in [-0.2, 0) is 6.42 Å². The zero-order valence-corrected chi connectivity index (χ0v) is 18.2. The fourth-order valence-corrected chi connectivity index (χ4v) is 3.59. The molecule has 1 amide bonds. The van der Waals surface area contributed by atoms with Crippen LogP contribution in [0, 0.1) is 0 Å². The minimum atomic E-state index is -0.211. The predicted molar refractivity (Wildman–Crippen MR) is 117 cm³/mol. The quantitative estimate of drug-likeness (QED) is 0.756. The van der Waals surface area contributed by atoms with E-state index in [4.69, 9.17) is 18.9 Å². The van der Waals surface area contributed by atoms with Crippen LogP contribution in [0.25, 0.3) is 11.8 Å². The van der Waals surface area contributed by atoms with E-state index in [1.165, 1.54) is 7.11 Å². The van der Waals surface area contributed by atoms with Gasteiger partial charge in [0.15, 0.2) is 23.0 Å². The molecule has 30 heavy (non-hydrogen) atoms. The van der Waals surface area contributed by atoms with Crippen molar-refractivity contribution in [3.63, 3.8) is 0 Å². The average Bonchev–Trinajstić information content (AvgIpc) is 3.29. The summed E-state index contributed by atoms with van der Waals surface area (Å²) in [6, 6.07) is 7.65. The second kappa shape index (κ2) is 8.85. The molecule has 0 spiro atoms. The number of amides is 1. The number of nitrogens with one attached hydrogen (secondary N) is 1. The number of carbonyl (C=O) groups is 1. The molecule has 2 heterocycles. The number of rotatable bonds is 6. The van der Waals surface area contributed by atoms with Crippen molar-refractivity contribution in [1.29, 1.82) is 0 Å². The van der Waals surface area contributed by atoms with Gasteiger partial charge >= 0.3 is 0 Å². The third-order valence-corrected chi connectivity index (χ3v) is 5.07. The number of carbonyl (C=O) groups excluding carboxylic acids is 1. The molecular formula is C22H25ClN2O5. The zero-order chi connectivity index (χ0) is 20.5. The van der Waals surface area contributed by atoms with Gasteiger partial charge in [-0.15, -0.1) is 12.4 Å². The number of likely N-dealkylation sites (N-methyl/N-ethyl adjacent to an activating group) is 1. The SMILES string of the molecule is COc1ccc2c(c1OC)C(=O)NC2=Cc1cc2c(cc1CCN(C)C)OCO2.Cl. The van der Waals surface area contributed by atoms with Crippen LogP contribution in [0.15, 0.2) is 24.3 Å². The Labute approximate surface area is 182 Å².